The summed E-state index contributed by atoms with van der Waals surface area (Å²) in [6.45, 7) is 0.137. The molecule has 0 aromatic carbocycles. The molecule has 0 aliphatic carbocycles. The standard InChI is InChI=1S/C9H10N2O2S/c10-4-6(9(12)13)7-3-5-1-2-11-8(5)14-7/h1-3,6,11H,4,10H2,(H,12,13). The van der Waals surface area contributed by atoms with E-state index in [1.165, 1.54) is 11.3 Å². The highest BCUT2D eigenvalue weighted by Crippen LogP contribution is 2.29. The molecule has 0 aliphatic rings. The van der Waals surface area contributed by atoms with E-state index in [1.807, 2.05) is 18.3 Å². The maximum absolute atomic E-state index is 10.8. The van der Waals surface area contributed by atoms with E-state index in [2.05, 4.69) is 4.98 Å². The van der Waals surface area contributed by atoms with Gasteiger partial charge in [-0.2, -0.15) is 0 Å². The Morgan fingerprint density at radius 3 is 3.07 bits per heavy atom. The molecule has 0 aliphatic heterocycles. The first-order chi connectivity index (χ1) is 6.72. The lowest BCUT2D eigenvalue weighted by Gasteiger charge is -2.05. The number of hydrogen-bond donors (Lipinski definition) is 3. The lowest BCUT2D eigenvalue weighted by molar-refractivity contribution is -0.138. The Kier molecular flexibility index (Phi) is 2.26. The summed E-state index contributed by atoms with van der Waals surface area (Å²) in [4.78, 5) is 15.7. The number of nitrogens with one attached hydrogen (secondary N) is 1. The van der Waals surface area contributed by atoms with Crippen LogP contribution in [0.4, 0.5) is 0 Å². The van der Waals surface area contributed by atoms with Crippen LogP contribution in [0.25, 0.3) is 10.2 Å². The van der Waals surface area contributed by atoms with Gasteiger partial charge in [0.1, 0.15) is 5.92 Å². The van der Waals surface area contributed by atoms with Gasteiger partial charge >= 0.3 is 5.97 Å². The smallest absolute Gasteiger partial charge is 0.313 e. The van der Waals surface area contributed by atoms with Crippen molar-refractivity contribution in [2.45, 2.75) is 5.92 Å². The van der Waals surface area contributed by atoms with Gasteiger partial charge < -0.3 is 15.8 Å². The van der Waals surface area contributed by atoms with Crippen LogP contribution >= 0.6 is 11.3 Å². The molecule has 4 nitrogen and oxygen atoms in total. The number of hydrogen-bond acceptors (Lipinski definition) is 3. The summed E-state index contributed by atoms with van der Waals surface area (Å²) in [6, 6.07) is 3.80. The van der Waals surface area contributed by atoms with Gasteiger partial charge in [-0.15, -0.1) is 11.3 Å². The summed E-state index contributed by atoms with van der Waals surface area (Å²) in [5, 5.41) is 9.95. The number of thiophene rings is 1. The zero-order chi connectivity index (χ0) is 10.1. The fourth-order valence-corrected chi connectivity index (χ4v) is 2.51. The highest BCUT2D eigenvalue weighted by molar-refractivity contribution is 7.18. The van der Waals surface area contributed by atoms with Crippen molar-refractivity contribution in [2.24, 2.45) is 5.73 Å². The molecule has 74 valence electrons. The second kappa shape index (κ2) is 3.43. The Morgan fingerprint density at radius 1 is 1.71 bits per heavy atom. The third-order valence-electron chi connectivity index (χ3n) is 2.13. The summed E-state index contributed by atoms with van der Waals surface area (Å²) >= 11 is 1.45. The second-order valence-corrected chi connectivity index (χ2v) is 4.12. The number of aromatic nitrogens is 1. The summed E-state index contributed by atoms with van der Waals surface area (Å²) in [6.07, 6.45) is 1.84. The van der Waals surface area contributed by atoms with Gasteiger partial charge in [-0.25, -0.2) is 0 Å². The van der Waals surface area contributed by atoms with Crippen molar-refractivity contribution in [3.05, 3.63) is 23.2 Å². The average Bonchev–Trinajstić information content (AvgIpc) is 2.63. The van der Waals surface area contributed by atoms with Crippen molar-refractivity contribution in [3.8, 4) is 0 Å². The molecule has 14 heavy (non-hydrogen) atoms. The molecule has 0 spiro atoms. The molecule has 2 aromatic rings. The highest BCUT2D eigenvalue weighted by atomic mass is 32.1. The number of nitrogens with two attached hydrogens (primary N) is 1. The molecular formula is C9H10N2O2S. The van der Waals surface area contributed by atoms with Crippen LogP contribution in [0.1, 0.15) is 10.8 Å². The Balaban J connectivity index is 2.42. The minimum atomic E-state index is -0.864. The van der Waals surface area contributed by atoms with Gasteiger partial charge in [0, 0.05) is 23.0 Å². The predicted octanol–water partition coefficient (Wildman–Crippen LogP) is 1.36. The van der Waals surface area contributed by atoms with Crippen LogP contribution < -0.4 is 5.73 Å². The number of carboxylic acids is 1. The van der Waals surface area contributed by atoms with Crippen molar-refractivity contribution in [3.63, 3.8) is 0 Å². The minimum absolute atomic E-state index is 0.137. The third-order valence-corrected chi connectivity index (χ3v) is 3.33. The zero-order valence-corrected chi connectivity index (χ0v) is 8.17. The van der Waals surface area contributed by atoms with E-state index in [9.17, 15) is 4.79 Å². The number of rotatable bonds is 3. The SMILES string of the molecule is NCC(C(=O)O)c1cc2cc[nH]c2s1. The quantitative estimate of drug-likeness (QED) is 0.715. The molecule has 1 atom stereocenters. The Morgan fingerprint density at radius 2 is 2.50 bits per heavy atom. The fraction of sp³-hybridized carbons (Fsp3) is 0.222. The van der Waals surface area contributed by atoms with E-state index >= 15 is 0 Å². The number of carboxylic acid groups (broad SMARTS) is 1. The Hall–Kier alpha value is -1.33. The normalized spacial score (nSPS) is 13.2. The van der Waals surface area contributed by atoms with Gasteiger partial charge in [-0.3, -0.25) is 4.79 Å². The van der Waals surface area contributed by atoms with Gasteiger partial charge in [0.25, 0.3) is 0 Å². The van der Waals surface area contributed by atoms with Crippen LogP contribution in [0.5, 0.6) is 0 Å². The second-order valence-electron chi connectivity index (χ2n) is 3.04. The topological polar surface area (TPSA) is 79.1 Å². The van der Waals surface area contributed by atoms with Crippen molar-refractivity contribution in [1.29, 1.82) is 0 Å². The van der Waals surface area contributed by atoms with Crippen LogP contribution in [-0.2, 0) is 4.79 Å². The number of carbonyl (C=O) groups is 1. The summed E-state index contributed by atoms with van der Waals surface area (Å²) in [5.74, 6) is -1.45. The number of H-pyrrole nitrogens is 1. The predicted molar refractivity (Wildman–Crippen MR) is 55.6 cm³/mol. The number of fused-ring (bicyclic) bond motifs is 1. The molecule has 0 fully saturated rings. The van der Waals surface area contributed by atoms with E-state index in [4.69, 9.17) is 10.8 Å². The van der Waals surface area contributed by atoms with Crippen molar-refractivity contribution >= 4 is 27.5 Å². The maximum Gasteiger partial charge on any atom is 0.313 e. The first-order valence-electron chi connectivity index (χ1n) is 4.22. The molecule has 0 saturated heterocycles. The molecule has 5 heteroatoms. The molecule has 0 saturated carbocycles. The van der Waals surface area contributed by atoms with Gasteiger partial charge in [0.15, 0.2) is 0 Å². The van der Waals surface area contributed by atoms with Crippen LogP contribution in [0.15, 0.2) is 18.3 Å². The van der Waals surface area contributed by atoms with Gasteiger partial charge in [-0.05, 0) is 12.1 Å². The molecule has 2 aromatic heterocycles. The van der Waals surface area contributed by atoms with E-state index in [0.29, 0.717) is 0 Å². The monoisotopic (exact) mass is 210 g/mol. The van der Waals surface area contributed by atoms with Crippen molar-refractivity contribution in [1.82, 2.24) is 4.98 Å². The van der Waals surface area contributed by atoms with E-state index in [1.54, 1.807) is 0 Å². The van der Waals surface area contributed by atoms with Crippen LogP contribution in [0, 0.1) is 0 Å². The Labute approximate surface area is 84.4 Å². The fourth-order valence-electron chi connectivity index (χ4n) is 1.38. The van der Waals surface area contributed by atoms with Crippen molar-refractivity contribution < 1.29 is 9.90 Å². The van der Waals surface area contributed by atoms with E-state index in [0.717, 1.165) is 15.1 Å². The molecule has 0 amide bonds. The molecule has 0 bridgehead atoms. The average molecular weight is 210 g/mol. The van der Waals surface area contributed by atoms with Crippen LogP contribution in [-0.4, -0.2) is 22.6 Å². The highest BCUT2D eigenvalue weighted by Gasteiger charge is 2.20. The Bertz CT molecular complexity index is 432. The van der Waals surface area contributed by atoms with Crippen molar-refractivity contribution in [2.75, 3.05) is 6.54 Å². The maximum atomic E-state index is 10.8. The number of aromatic amines is 1. The largest absolute Gasteiger partial charge is 0.481 e. The molecule has 2 heterocycles. The van der Waals surface area contributed by atoms with Gasteiger partial charge in [0.2, 0.25) is 0 Å². The molecule has 0 radical (unpaired) electrons. The van der Waals surface area contributed by atoms with Gasteiger partial charge in [0.05, 0.1) is 4.83 Å². The summed E-state index contributed by atoms with van der Waals surface area (Å²) < 4.78 is 0. The lowest BCUT2D eigenvalue weighted by atomic mass is 10.1. The van der Waals surface area contributed by atoms with Crippen LogP contribution in [0.3, 0.4) is 0 Å². The third kappa shape index (κ3) is 1.40. The van der Waals surface area contributed by atoms with E-state index in [-0.39, 0.29) is 6.54 Å². The van der Waals surface area contributed by atoms with Crippen LogP contribution in [0.2, 0.25) is 0 Å². The summed E-state index contributed by atoms with van der Waals surface area (Å²) in [5.41, 5.74) is 5.41. The molecule has 4 N–H and O–H groups in total. The first kappa shape index (κ1) is 9.23. The molecule has 2 rings (SSSR count). The minimum Gasteiger partial charge on any atom is -0.481 e. The molecular weight excluding hydrogens is 200 g/mol. The number of aliphatic carboxylic acids is 1. The zero-order valence-electron chi connectivity index (χ0n) is 7.36. The first-order valence-corrected chi connectivity index (χ1v) is 5.03. The molecule has 1 unspecified atom stereocenters. The van der Waals surface area contributed by atoms with Gasteiger partial charge in [-0.1, -0.05) is 0 Å². The lowest BCUT2D eigenvalue weighted by Crippen LogP contribution is -2.19. The summed E-state index contributed by atoms with van der Waals surface area (Å²) in [7, 11) is 0. The van der Waals surface area contributed by atoms with E-state index < -0.39 is 11.9 Å².